The molecule has 0 aromatic rings. The molecule has 0 spiro atoms. The van der Waals surface area contributed by atoms with Gasteiger partial charge in [0.1, 0.15) is 0 Å². The quantitative estimate of drug-likeness (QED) is 0.600. The van der Waals surface area contributed by atoms with E-state index in [1.807, 2.05) is 0 Å². The molecule has 0 aliphatic rings. The molecule has 0 saturated carbocycles. The van der Waals surface area contributed by atoms with Crippen molar-refractivity contribution in [2.24, 2.45) is 0 Å². The summed E-state index contributed by atoms with van der Waals surface area (Å²) in [5.74, 6) is -7.21. The van der Waals surface area contributed by atoms with Crippen LogP contribution in [-0.4, -0.2) is 42.5 Å². The summed E-state index contributed by atoms with van der Waals surface area (Å²) < 4.78 is 151. The van der Waals surface area contributed by atoms with Crippen LogP contribution in [0, 0.1) is 0 Å². The predicted octanol–water partition coefficient (Wildman–Crippen LogP) is 2.33. The maximum absolute atomic E-state index is 12.7. The van der Waals surface area contributed by atoms with E-state index < -0.39 is 39.6 Å². The zero-order chi connectivity index (χ0) is 17.7. The molecule has 0 saturated heterocycles. The molecule has 1 atom stereocenters. The van der Waals surface area contributed by atoms with Gasteiger partial charge in [-0.1, -0.05) is 0 Å². The fraction of sp³-hybridized carbons (Fsp3) is 1.00. The van der Waals surface area contributed by atoms with Gasteiger partial charge >= 0.3 is 39.6 Å². The van der Waals surface area contributed by atoms with E-state index in [0.29, 0.717) is 0 Å². The van der Waals surface area contributed by atoms with Crippen molar-refractivity contribution in [2.75, 3.05) is 0 Å². The Labute approximate surface area is 107 Å². The van der Waals surface area contributed by atoms with Crippen LogP contribution in [-0.2, 0) is 20.0 Å². The van der Waals surface area contributed by atoms with Crippen LogP contribution in [0.4, 0.5) is 43.9 Å². The van der Waals surface area contributed by atoms with Crippen molar-refractivity contribution in [2.45, 2.75) is 29.5 Å². The Hall–Kier alpha value is -0.870. The van der Waals surface area contributed by atoms with Crippen molar-refractivity contribution in [1.29, 1.82) is 0 Å². The molecular weight excluding hydrogens is 362 g/mol. The number of hydrogen-bond acceptors (Lipinski definition) is 3. The molecule has 1 unspecified atom stereocenters. The third kappa shape index (κ3) is 3.32. The first-order valence-corrected chi connectivity index (χ1v) is 5.41. The third-order valence-electron chi connectivity index (χ3n) is 1.67. The topological polar surface area (TPSA) is 83.5 Å². The summed E-state index contributed by atoms with van der Waals surface area (Å²) in [7, 11) is -7.21. The lowest BCUT2D eigenvalue weighted by atomic mass is 10.2. The number of ether oxygens (including phenoxy) is 1. The summed E-state index contributed by atoms with van der Waals surface area (Å²) in [5.41, 5.74) is 0. The lowest BCUT2D eigenvalue weighted by molar-refractivity contribution is -0.516. The van der Waals surface area contributed by atoms with Crippen LogP contribution in [0.3, 0.4) is 0 Å². The number of hydrogen-bond donors (Lipinski definition) is 1. The van der Waals surface area contributed by atoms with Crippen LogP contribution in [0.1, 0.15) is 0 Å². The van der Waals surface area contributed by atoms with Crippen molar-refractivity contribution < 1.29 is 66.7 Å². The summed E-state index contributed by atoms with van der Waals surface area (Å²) in [6.45, 7) is 0. The molecule has 0 rings (SSSR count). The standard InChI is InChI=1S/C5HF10O5S/c6-1(2(7,8)9,3(10,11)16)20-4(12,13)5(14,15)21(17,18)19/h(H,17,18,19). The largest absolute Gasteiger partial charge is 0.460 e. The van der Waals surface area contributed by atoms with Gasteiger partial charge < -0.3 is 0 Å². The van der Waals surface area contributed by atoms with Crippen LogP contribution in [0.25, 0.3) is 0 Å². The number of halogens is 10. The molecule has 127 valence electrons. The van der Waals surface area contributed by atoms with Gasteiger partial charge in [-0.3, -0.25) is 9.29 Å². The normalized spacial score (nSPS) is 18.5. The summed E-state index contributed by atoms with van der Waals surface area (Å²) in [6.07, 6.45) is -21.5. The highest BCUT2D eigenvalue weighted by Gasteiger charge is 2.81. The Kier molecular flexibility index (Phi) is 4.62. The van der Waals surface area contributed by atoms with Crippen molar-refractivity contribution in [3.8, 4) is 0 Å². The van der Waals surface area contributed by atoms with Crippen LogP contribution >= 0.6 is 0 Å². The fourth-order valence-electron chi connectivity index (χ4n) is 0.668. The fourth-order valence-corrected chi connectivity index (χ4v) is 1.01. The molecular formula is C5HF10O5S. The summed E-state index contributed by atoms with van der Waals surface area (Å²) in [6, 6.07) is 0. The highest BCUT2D eigenvalue weighted by Crippen LogP contribution is 2.51. The van der Waals surface area contributed by atoms with Crippen LogP contribution in [0.15, 0.2) is 0 Å². The SMILES string of the molecule is [O]C(F)(F)C(F)(OC(F)(F)C(F)(F)S(=O)(=O)O)C(F)(F)F. The monoisotopic (exact) mass is 363 g/mol. The molecule has 5 nitrogen and oxygen atoms in total. The van der Waals surface area contributed by atoms with E-state index in [1.54, 1.807) is 0 Å². The first kappa shape index (κ1) is 20.1. The van der Waals surface area contributed by atoms with Crippen molar-refractivity contribution in [3.63, 3.8) is 0 Å². The van der Waals surface area contributed by atoms with E-state index in [2.05, 4.69) is 0 Å². The Balaban J connectivity index is 6.01. The molecule has 0 aromatic heterocycles. The van der Waals surface area contributed by atoms with Gasteiger partial charge in [0.05, 0.1) is 0 Å². The van der Waals surface area contributed by atoms with Gasteiger partial charge in [-0.25, -0.2) is 0 Å². The van der Waals surface area contributed by atoms with E-state index in [1.165, 1.54) is 4.74 Å². The molecule has 16 heteroatoms. The third-order valence-corrected chi connectivity index (χ3v) is 2.56. The van der Waals surface area contributed by atoms with Gasteiger partial charge in [-0.2, -0.15) is 57.4 Å². The first-order valence-electron chi connectivity index (χ1n) is 3.97. The average Bonchev–Trinajstić information content (AvgIpc) is 2.10. The molecule has 0 bridgehead atoms. The molecule has 1 radical (unpaired) electrons. The highest BCUT2D eigenvalue weighted by molar-refractivity contribution is 7.86. The van der Waals surface area contributed by atoms with E-state index >= 15 is 0 Å². The minimum Gasteiger partial charge on any atom is -0.281 e. The molecule has 21 heavy (non-hydrogen) atoms. The lowest BCUT2D eigenvalue weighted by Crippen LogP contribution is -2.63. The van der Waals surface area contributed by atoms with Gasteiger partial charge in [0.15, 0.2) is 0 Å². The number of rotatable bonds is 5. The summed E-state index contributed by atoms with van der Waals surface area (Å²) in [4.78, 5) is 0. The van der Waals surface area contributed by atoms with E-state index in [4.69, 9.17) is 4.55 Å². The zero-order valence-electron chi connectivity index (χ0n) is 8.77. The minimum atomic E-state index is -7.25. The van der Waals surface area contributed by atoms with Crippen LogP contribution in [0.2, 0.25) is 0 Å². The first-order chi connectivity index (χ1) is 8.71. The second kappa shape index (κ2) is 4.82. The Bertz CT molecular complexity index is 475. The van der Waals surface area contributed by atoms with E-state index in [0.717, 1.165) is 0 Å². The summed E-state index contributed by atoms with van der Waals surface area (Å²) >= 11 is 0. The Morgan fingerprint density at radius 3 is 1.33 bits per heavy atom. The smallest absolute Gasteiger partial charge is 0.281 e. The van der Waals surface area contributed by atoms with Gasteiger partial charge in [0, 0.05) is 0 Å². The van der Waals surface area contributed by atoms with Crippen LogP contribution in [0.5, 0.6) is 0 Å². The molecule has 0 amide bonds. The van der Waals surface area contributed by atoms with Gasteiger partial charge in [0.2, 0.25) is 0 Å². The highest BCUT2D eigenvalue weighted by atomic mass is 32.2. The van der Waals surface area contributed by atoms with Crippen LogP contribution < -0.4 is 0 Å². The second-order valence-corrected chi connectivity index (χ2v) is 4.68. The molecule has 0 aliphatic heterocycles. The zero-order valence-corrected chi connectivity index (χ0v) is 9.58. The maximum Gasteiger partial charge on any atom is 0.460 e. The van der Waals surface area contributed by atoms with Crippen molar-refractivity contribution >= 4 is 10.1 Å². The molecule has 0 aliphatic carbocycles. The number of alkyl halides is 10. The Morgan fingerprint density at radius 1 is 0.810 bits per heavy atom. The van der Waals surface area contributed by atoms with Gasteiger partial charge in [0.25, 0.3) is 0 Å². The van der Waals surface area contributed by atoms with E-state index in [9.17, 15) is 57.4 Å². The second-order valence-electron chi connectivity index (χ2n) is 3.22. The lowest BCUT2D eigenvalue weighted by Gasteiger charge is -2.34. The minimum absolute atomic E-state index is 1.47. The summed E-state index contributed by atoms with van der Waals surface area (Å²) in [5, 5.41) is 2.72. The predicted molar refractivity (Wildman–Crippen MR) is 38.1 cm³/mol. The molecule has 0 heterocycles. The maximum atomic E-state index is 12.7. The molecule has 1 N–H and O–H groups in total. The Morgan fingerprint density at radius 2 is 1.14 bits per heavy atom. The average molecular weight is 363 g/mol. The van der Waals surface area contributed by atoms with E-state index in [-0.39, 0.29) is 0 Å². The molecule has 0 fully saturated rings. The van der Waals surface area contributed by atoms with Gasteiger partial charge in [-0.05, 0) is 0 Å². The molecule has 0 aromatic carbocycles. The van der Waals surface area contributed by atoms with Crippen molar-refractivity contribution in [1.82, 2.24) is 0 Å². The van der Waals surface area contributed by atoms with Gasteiger partial charge in [-0.15, -0.1) is 0 Å². The van der Waals surface area contributed by atoms with Crippen molar-refractivity contribution in [3.05, 3.63) is 0 Å².